The van der Waals surface area contributed by atoms with Gasteiger partial charge >= 0.3 is 6.09 Å². The summed E-state index contributed by atoms with van der Waals surface area (Å²) in [5.41, 5.74) is 3.98. The monoisotopic (exact) mass is 485 g/mol. The molecule has 1 amide bonds. The van der Waals surface area contributed by atoms with Gasteiger partial charge in [0, 0.05) is 37.4 Å². The molecule has 0 bridgehead atoms. The molecule has 6 nitrogen and oxygen atoms in total. The quantitative estimate of drug-likeness (QED) is 0.611. The molecule has 1 fully saturated rings. The molecule has 0 spiro atoms. The number of benzene rings is 1. The molecule has 1 aromatic heterocycles. The number of carbonyl (C=O) groups excluding carboxylic acids is 1. The van der Waals surface area contributed by atoms with Gasteiger partial charge in [-0.2, -0.15) is 0 Å². The third-order valence-electron chi connectivity index (χ3n) is 6.52. The van der Waals surface area contributed by atoms with Crippen molar-refractivity contribution in [2.75, 3.05) is 13.1 Å². The van der Waals surface area contributed by atoms with Gasteiger partial charge in [0.25, 0.3) is 0 Å². The van der Waals surface area contributed by atoms with Crippen LogP contribution < -0.4 is 0 Å². The van der Waals surface area contributed by atoms with Crippen LogP contribution >= 0.6 is 11.6 Å². The number of pyridine rings is 1. The summed E-state index contributed by atoms with van der Waals surface area (Å²) in [6.45, 7) is 12.4. The number of halogens is 1. The summed E-state index contributed by atoms with van der Waals surface area (Å²) in [6, 6.07) is 8.08. The van der Waals surface area contributed by atoms with Gasteiger partial charge in [-0.1, -0.05) is 11.6 Å². The molecule has 1 N–H and O–H groups in total. The van der Waals surface area contributed by atoms with Crippen molar-refractivity contribution < 1.29 is 14.6 Å². The molecule has 0 radical (unpaired) electrons. The van der Waals surface area contributed by atoms with Crippen molar-refractivity contribution in [1.82, 2.24) is 14.8 Å². The van der Waals surface area contributed by atoms with Crippen molar-refractivity contribution in [2.24, 2.45) is 0 Å². The molecule has 2 aliphatic rings. The number of hydrogen-bond donors (Lipinski definition) is 1. The predicted octanol–water partition coefficient (Wildman–Crippen LogP) is 5.59. The topological polar surface area (TPSA) is 65.9 Å². The van der Waals surface area contributed by atoms with E-state index in [0.717, 1.165) is 55.0 Å². The lowest BCUT2D eigenvalue weighted by atomic mass is 9.90. The summed E-state index contributed by atoms with van der Waals surface area (Å²) in [7, 11) is 0. The highest BCUT2D eigenvalue weighted by atomic mass is 35.5. The normalized spacial score (nSPS) is 19.3. The zero-order valence-electron chi connectivity index (χ0n) is 20.9. The van der Waals surface area contributed by atoms with Gasteiger partial charge in [0.1, 0.15) is 11.2 Å². The fourth-order valence-electron chi connectivity index (χ4n) is 4.94. The van der Waals surface area contributed by atoms with Gasteiger partial charge in [0.05, 0.1) is 11.7 Å². The molecule has 1 aromatic carbocycles. The van der Waals surface area contributed by atoms with Gasteiger partial charge < -0.3 is 14.7 Å². The third kappa shape index (κ3) is 5.73. The van der Waals surface area contributed by atoms with E-state index >= 15 is 0 Å². The predicted molar refractivity (Wildman–Crippen MR) is 134 cm³/mol. The summed E-state index contributed by atoms with van der Waals surface area (Å²) < 4.78 is 5.70. The van der Waals surface area contributed by atoms with Crippen LogP contribution in [0.1, 0.15) is 81.4 Å². The number of fused-ring (bicyclic) bond motifs is 1. The highest BCUT2D eigenvalue weighted by Crippen LogP contribution is 2.39. The molecule has 0 unspecified atom stereocenters. The van der Waals surface area contributed by atoms with E-state index in [4.69, 9.17) is 16.3 Å². The molecule has 4 rings (SSSR count). The van der Waals surface area contributed by atoms with Crippen LogP contribution in [0.4, 0.5) is 4.79 Å². The van der Waals surface area contributed by atoms with Gasteiger partial charge in [-0.25, -0.2) is 4.79 Å². The van der Waals surface area contributed by atoms with Gasteiger partial charge in [-0.05, 0) is 100 Å². The number of likely N-dealkylation sites (tertiary alicyclic amines) is 1. The number of aliphatic hydroxyl groups is 1. The summed E-state index contributed by atoms with van der Waals surface area (Å²) in [6.07, 6.45) is 4.28. The Labute approximate surface area is 207 Å². The first-order valence-electron chi connectivity index (χ1n) is 12.1. The average Bonchev–Trinajstić information content (AvgIpc) is 3.22. The zero-order valence-corrected chi connectivity index (χ0v) is 21.7. The largest absolute Gasteiger partial charge is 0.444 e. The van der Waals surface area contributed by atoms with E-state index < -0.39 is 11.2 Å². The Kier molecular flexibility index (Phi) is 6.96. The summed E-state index contributed by atoms with van der Waals surface area (Å²) in [5.74, 6) is 0. The Morgan fingerprint density at radius 2 is 1.97 bits per heavy atom. The second-order valence-electron chi connectivity index (χ2n) is 11.0. The molecular formula is C27H36ClN3O3. The highest BCUT2D eigenvalue weighted by molar-refractivity contribution is 6.30. The number of ether oxygens (including phenoxy) is 1. The molecule has 34 heavy (non-hydrogen) atoms. The van der Waals surface area contributed by atoms with Gasteiger partial charge in [0.15, 0.2) is 0 Å². The summed E-state index contributed by atoms with van der Waals surface area (Å²) >= 11 is 6.54. The lowest BCUT2D eigenvalue weighted by molar-refractivity contribution is 0.0223. The molecule has 3 heterocycles. The maximum absolute atomic E-state index is 13.0. The minimum absolute atomic E-state index is 0.0232. The number of nitrogens with zero attached hydrogens (tertiary/aromatic N) is 3. The van der Waals surface area contributed by atoms with Crippen molar-refractivity contribution in [2.45, 2.75) is 84.2 Å². The number of aromatic nitrogens is 1. The Hall–Kier alpha value is -2.15. The van der Waals surface area contributed by atoms with Crippen molar-refractivity contribution in [3.63, 3.8) is 0 Å². The highest BCUT2D eigenvalue weighted by Gasteiger charge is 2.35. The lowest BCUT2D eigenvalue weighted by Crippen LogP contribution is -2.37. The maximum Gasteiger partial charge on any atom is 0.410 e. The van der Waals surface area contributed by atoms with Crippen molar-refractivity contribution in [3.8, 4) is 0 Å². The van der Waals surface area contributed by atoms with E-state index in [-0.39, 0.29) is 12.1 Å². The second kappa shape index (κ2) is 9.48. The van der Waals surface area contributed by atoms with Crippen LogP contribution in [0.2, 0.25) is 5.02 Å². The standard InChI is InChI=1S/C27H36ClN3O3/c1-26(2,3)34-25(32)31-11-6-7-23(31)21-15-20(28)14-19-9-12-30(17-22(19)21)16-18-8-10-29-24(13-18)27(4,5)33/h8,10,13-15,23,33H,6-7,9,11-12,16-17H2,1-5H3/t23-/m0/s1. The van der Waals surface area contributed by atoms with Crippen LogP contribution in [0.5, 0.6) is 0 Å². The maximum atomic E-state index is 13.0. The van der Waals surface area contributed by atoms with Crippen LogP contribution in [0.3, 0.4) is 0 Å². The van der Waals surface area contributed by atoms with E-state index in [9.17, 15) is 9.90 Å². The fraction of sp³-hybridized carbons (Fsp3) is 0.556. The van der Waals surface area contributed by atoms with Crippen LogP contribution in [0.25, 0.3) is 0 Å². The Morgan fingerprint density at radius 3 is 2.68 bits per heavy atom. The molecule has 7 heteroatoms. The summed E-state index contributed by atoms with van der Waals surface area (Å²) in [5, 5.41) is 11.1. The number of carbonyl (C=O) groups is 1. The van der Waals surface area contributed by atoms with Crippen molar-refractivity contribution >= 4 is 17.7 Å². The first kappa shape index (κ1) is 25.0. The van der Waals surface area contributed by atoms with Gasteiger partial charge in [-0.15, -0.1) is 0 Å². The minimum atomic E-state index is -0.970. The molecule has 0 saturated carbocycles. The molecule has 1 saturated heterocycles. The first-order chi connectivity index (χ1) is 15.9. The third-order valence-corrected chi connectivity index (χ3v) is 6.74. The second-order valence-corrected chi connectivity index (χ2v) is 11.5. The number of hydrogen-bond acceptors (Lipinski definition) is 5. The smallest absolute Gasteiger partial charge is 0.410 e. The van der Waals surface area contributed by atoms with E-state index in [2.05, 4.69) is 16.0 Å². The fourth-order valence-corrected chi connectivity index (χ4v) is 5.19. The Morgan fingerprint density at radius 1 is 1.21 bits per heavy atom. The van der Waals surface area contributed by atoms with Gasteiger partial charge in [-0.3, -0.25) is 9.88 Å². The van der Waals surface area contributed by atoms with Gasteiger partial charge in [0.2, 0.25) is 0 Å². The minimum Gasteiger partial charge on any atom is -0.444 e. The average molecular weight is 486 g/mol. The lowest BCUT2D eigenvalue weighted by Gasteiger charge is -2.34. The SMILES string of the molecule is CC(C)(C)OC(=O)N1CCC[C@H]1c1cc(Cl)cc2c1CN(Cc1ccnc(C(C)(C)O)c1)CC2. The zero-order chi connectivity index (χ0) is 24.7. The molecule has 2 aromatic rings. The van der Waals surface area contributed by atoms with Crippen molar-refractivity contribution in [1.29, 1.82) is 0 Å². The molecule has 1 atom stereocenters. The van der Waals surface area contributed by atoms with E-state index in [1.807, 2.05) is 43.9 Å². The van der Waals surface area contributed by atoms with Crippen LogP contribution in [0, 0.1) is 0 Å². The van der Waals surface area contributed by atoms with Crippen LogP contribution in [-0.2, 0) is 29.8 Å². The Balaban J connectivity index is 1.58. The van der Waals surface area contributed by atoms with E-state index in [0.29, 0.717) is 12.2 Å². The Bertz CT molecular complexity index is 1060. The van der Waals surface area contributed by atoms with Crippen LogP contribution in [-0.4, -0.2) is 44.7 Å². The number of amides is 1. The molecule has 184 valence electrons. The molecule has 2 aliphatic heterocycles. The van der Waals surface area contributed by atoms with Crippen molar-refractivity contribution in [3.05, 3.63) is 63.4 Å². The van der Waals surface area contributed by atoms with E-state index in [1.165, 1.54) is 11.1 Å². The van der Waals surface area contributed by atoms with E-state index in [1.54, 1.807) is 20.0 Å². The molecular weight excluding hydrogens is 450 g/mol. The first-order valence-corrected chi connectivity index (χ1v) is 12.5. The summed E-state index contributed by atoms with van der Waals surface area (Å²) in [4.78, 5) is 21.6. The number of rotatable bonds is 4. The van der Waals surface area contributed by atoms with Crippen LogP contribution in [0.15, 0.2) is 30.5 Å². The molecule has 0 aliphatic carbocycles.